The summed E-state index contributed by atoms with van der Waals surface area (Å²) in [4.78, 5) is 11.7. The summed E-state index contributed by atoms with van der Waals surface area (Å²) in [6, 6.07) is 0. The number of ether oxygens (including phenoxy) is 1. The SMILES string of the molecule is C[C@]1(CNC(=O)C2CC=CC2)CCCO1. The van der Waals surface area contributed by atoms with Crippen LogP contribution in [-0.2, 0) is 9.53 Å². The van der Waals surface area contributed by atoms with Crippen LogP contribution in [0.3, 0.4) is 0 Å². The van der Waals surface area contributed by atoms with Crippen LogP contribution in [0.4, 0.5) is 0 Å². The minimum absolute atomic E-state index is 0.123. The van der Waals surface area contributed by atoms with Gasteiger partial charge in [-0.25, -0.2) is 0 Å². The second-order valence-electron chi connectivity index (χ2n) is 4.76. The number of amides is 1. The molecule has 1 amide bonds. The first-order valence-electron chi connectivity index (χ1n) is 5.76. The molecule has 1 saturated heterocycles. The first kappa shape index (κ1) is 10.7. The van der Waals surface area contributed by atoms with Crippen molar-refractivity contribution in [2.75, 3.05) is 13.2 Å². The summed E-state index contributed by atoms with van der Waals surface area (Å²) in [5.41, 5.74) is -0.123. The Bertz CT molecular complexity index is 259. The maximum atomic E-state index is 11.7. The van der Waals surface area contributed by atoms with Gasteiger partial charge in [0.05, 0.1) is 5.60 Å². The molecule has 1 fully saturated rings. The molecule has 0 aromatic carbocycles. The van der Waals surface area contributed by atoms with Crippen LogP contribution < -0.4 is 5.32 Å². The minimum atomic E-state index is -0.123. The van der Waals surface area contributed by atoms with Gasteiger partial charge in [0.15, 0.2) is 0 Å². The molecule has 0 bridgehead atoms. The van der Waals surface area contributed by atoms with Gasteiger partial charge in [-0.1, -0.05) is 12.2 Å². The Morgan fingerprint density at radius 1 is 1.53 bits per heavy atom. The Balaban J connectivity index is 1.75. The second-order valence-corrected chi connectivity index (χ2v) is 4.76. The van der Waals surface area contributed by atoms with E-state index in [0.29, 0.717) is 6.54 Å². The second kappa shape index (κ2) is 4.35. The summed E-state index contributed by atoms with van der Waals surface area (Å²) in [5.74, 6) is 0.340. The van der Waals surface area contributed by atoms with E-state index in [1.165, 1.54) is 0 Å². The lowest BCUT2D eigenvalue weighted by Crippen LogP contribution is -2.42. The normalized spacial score (nSPS) is 31.0. The minimum Gasteiger partial charge on any atom is -0.373 e. The van der Waals surface area contributed by atoms with Crippen LogP contribution in [0.1, 0.15) is 32.6 Å². The highest BCUT2D eigenvalue weighted by Crippen LogP contribution is 2.24. The number of allylic oxidation sites excluding steroid dienone is 2. The van der Waals surface area contributed by atoms with Crippen LogP contribution in [0.2, 0.25) is 0 Å². The van der Waals surface area contributed by atoms with E-state index in [4.69, 9.17) is 4.74 Å². The summed E-state index contributed by atoms with van der Waals surface area (Å²) >= 11 is 0. The van der Waals surface area contributed by atoms with Crippen molar-refractivity contribution in [2.45, 2.75) is 38.2 Å². The van der Waals surface area contributed by atoms with Gasteiger partial charge in [0.25, 0.3) is 0 Å². The van der Waals surface area contributed by atoms with Crippen molar-refractivity contribution in [3.8, 4) is 0 Å². The molecule has 3 heteroatoms. The van der Waals surface area contributed by atoms with E-state index in [1.807, 2.05) is 0 Å². The first-order chi connectivity index (χ1) is 7.20. The van der Waals surface area contributed by atoms with Crippen molar-refractivity contribution in [1.82, 2.24) is 5.32 Å². The molecule has 1 heterocycles. The van der Waals surface area contributed by atoms with Crippen molar-refractivity contribution in [2.24, 2.45) is 5.92 Å². The highest BCUT2D eigenvalue weighted by molar-refractivity contribution is 5.79. The third-order valence-corrected chi connectivity index (χ3v) is 3.32. The fraction of sp³-hybridized carbons (Fsp3) is 0.750. The predicted octanol–water partition coefficient (Wildman–Crippen LogP) is 1.64. The lowest BCUT2D eigenvalue weighted by Gasteiger charge is -2.24. The number of carbonyl (C=O) groups is 1. The van der Waals surface area contributed by atoms with Crippen LogP contribution in [0.5, 0.6) is 0 Å². The van der Waals surface area contributed by atoms with Crippen molar-refractivity contribution in [3.63, 3.8) is 0 Å². The van der Waals surface area contributed by atoms with Gasteiger partial charge < -0.3 is 10.1 Å². The molecule has 1 aliphatic heterocycles. The average Bonchev–Trinajstić information content (AvgIpc) is 2.85. The lowest BCUT2D eigenvalue weighted by atomic mass is 10.0. The van der Waals surface area contributed by atoms with Crippen molar-refractivity contribution in [1.29, 1.82) is 0 Å². The van der Waals surface area contributed by atoms with E-state index >= 15 is 0 Å². The maximum Gasteiger partial charge on any atom is 0.223 e. The third-order valence-electron chi connectivity index (χ3n) is 3.32. The molecule has 0 aromatic rings. The van der Waals surface area contributed by atoms with E-state index in [2.05, 4.69) is 24.4 Å². The summed E-state index contributed by atoms with van der Waals surface area (Å²) < 4.78 is 5.62. The molecule has 0 spiro atoms. The standard InChI is InChI=1S/C12H19NO2/c1-12(7-4-8-15-12)9-13-11(14)10-5-2-3-6-10/h2-3,10H,4-9H2,1H3,(H,13,14)/t12-/m1/s1. The lowest BCUT2D eigenvalue weighted by molar-refractivity contribution is -0.125. The van der Waals surface area contributed by atoms with Crippen molar-refractivity contribution >= 4 is 5.91 Å². The molecule has 1 atom stereocenters. The molecule has 0 radical (unpaired) electrons. The van der Waals surface area contributed by atoms with Gasteiger partial charge >= 0.3 is 0 Å². The molecule has 2 rings (SSSR count). The van der Waals surface area contributed by atoms with E-state index in [9.17, 15) is 4.79 Å². The van der Waals surface area contributed by atoms with Crippen molar-refractivity contribution in [3.05, 3.63) is 12.2 Å². The highest BCUT2D eigenvalue weighted by Gasteiger charge is 2.31. The summed E-state index contributed by atoms with van der Waals surface area (Å²) in [7, 11) is 0. The fourth-order valence-electron chi connectivity index (χ4n) is 2.23. The van der Waals surface area contributed by atoms with Gasteiger partial charge in [0, 0.05) is 19.1 Å². The van der Waals surface area contributed by atoms with Crippen LogP contribution >= 0.6 is 0 Å². The van der Waals surface area contributed by atoms with E-state index in [1.54, 1.807) is 0 Å². The highest BCUT2D eigenvalue weighted by atomic mass is 16.5. The monoisotopic (exact) mass is 209 g/mol. The van der Waals surface area contributed by atoms with Crippen molar-refractivity contribution < 1.29 is 9.53 Å². The summed E-state index contributed by atoms with van der Waals surface area (Å²) in [5, 5.41) is 3.00. The molecule has 15 heavy (non-hydrogen) atoms. The van der Waals surface area contributed by atoms with Gasteiger partial charge in [0.2, 0.25) is 5.91 Å². The quantitative estimate of drug-likeness (QED) is 0.718. The maximum absolute atomic E-state index is 11.7. The van der Waals surface area contributed by atoms with E-state index < -0.39 is 0 Å². The van der Waals surface area contributed by atoms with Crippen LogP contribution in [0, 0.1) is 5.92 Å². The van der Waals surface area contributed by atoms with Crippen LogP contribution in [0.15, 0.2) is 12.2 Å². The average molecular weight is 209 g/mol. The third kappa shape index (κ3) is 2.59. The van der Waals surface area contributed by atoms with E-state index in [0.717, 1.165) is 32.3 Å². The van der Waals surface area contributed by atoms with Gasteiger partial charge in [-0.2, -0.15) is 0 Å². The zero-order valence-corrected chi connectivity index (χ0v) is 9.29. The predicted molar refractivity (Wildman–Crippen MR) is 58.5 cm³/mol. The van der Waals surface area contributed by atoms with Gasteiger partial charge in [-0.3, -0.25) is 4.79 Å². The first-order valence-corrected chi connectivity index (χ1v) is 5.76. The Kier molecular flexibility index (Phi) is 3.10. The molecule has 84 valence electrons. The zero-order valence-electron chi connectivity index (χ0n) is 9.29. The topological polar surface area (TPSA) is 38.3 Å². The smallest absolute Gasteiger partial charge is 0.223 e. The van der Waals surface area contributed by atoms with E-state index in [-0.39, 0.29) is 17.4 Å². The molecular weight excluding hydrogens is 190 g/mol. The number of carbonyl (C=O) groups excluding carboxylic acids is 1. The number of rotatable bonds is 3. The molecule has 0 saturated carbocycles. The molecule has 1 N–H and O–H groups in total. The molecular formula is C12H19NO2. The Morgan fingerprint density at radius 3 is 2.87 bits per heavy atom. The molecule has 1 aliphatic carbocycles. The molecule has 0 aromatic heterocycles. The number of hydrogen-bond donors (Lipinski definition) is 1. The largest absolute Gasteiger partial charge is 0.373 e. The van der Waals surface area contributed by atoms with Crippen LogP contribution in [0.25, 0.3) is 0 Å². The van der Waals surface area contributed by atoms with Gasteiger partial charge in [0.1, 0.15) is 0 Å². The van der Waals surface area contributed by atoms with Crippen LogP contribution in [-0.4, -0.2) is 24.7 Å². The Morgan fingerprint density at radius 2 is 2.27 bits per heavy atom. The number of hydrogen-bond acceptors (Lipinski definition) is 2. The molecule has 3 nitrogen and oxygen atoms in total. The Labute approximate surface area is 90.9 Å². The zero-order chi connectivity index (χ0) is 10.7. The molecule has 2 aliphatic rings. The summed E-state index contributed by atoms with van der Waals surface area (Å²) in [6.07, 6.45) is 8.11. The fourth-order valence-corrected chi connectivity index (χ4v) is 2.23. The van der Waals surface area contributed by atoms with Gasteiger partial charge in [-0.05, 0) is 32.6 Å². The Hall–Kier alpha value is -0.830. The molecule has 0 unspecified atom stereocenters. The van der Waals surface area contributed by atoms with Gasteiger partial charge in [-0.15, -0.1) is 0 Å². The number of nitrogens with one attached hydrogen (secondary N) is 1. The summed E-state index contributed by atoms with van der Waals surface area (Å²) in [6.45, 7) is 3.56.